The lowest BCUT2D eigenvalue weighted by Crippen LogP contribution is -2.47. The molecule has 0 unspecified atom stereocenters. The van der Waals surface area contributed by atoms with Gasteiger partial charge in [0.2, 0.25) is 0 Å². The van der Waals surface area contributed by atoms with E-state index in [0.29, 0.717) is 0 Å². The van der Waals surface area contributed by atoms with Crippen molar-refractivity contribution in [2.24, 2.45) is 28.9 Å². The summed E-state index contributed by atoms with van der Waals surface area (Å²) >= 11 is 0. The van der Waals surface area contributed by atoms with Gasteiger partial charge in [-0.3, -0.25) is 0 Å². The zero-order valence-electron chi connectivity index (χ0n) is 11.8. The molecule has 0 atom stereocenters. The molecule has 5 fully saturated rings. The first-order valence-electron chi connectivity index (χ1n) is 8.44. The highest BCUT2D eigenvalue weighted by molar-refractivity contribution is 5.02. The van der Waals surface area contributed by atoms with Crippen LogP contribution in [0, 0.1) is 23.2 Å². The lowest BCUT2D eigenvalue weighted by atomic mass is 9.48. The van der Waals surface area contributed by atoms with Gasteiger partial charge in [-0.1, -0.05) is 12.8 Å². The molecule has 0 radical (unpaired) electrons. The third-order valence-corrected chi connectivity index (χ3v) is 6.92. The fourth-order valence-corrected chi connectivity index (χ4v) is 6.44. The lowest BCUT2D eigenvalue weighted by molar-refractivity contribution is -0.0606. The van der Waals surface area contributed by atoms with E-state index in [-0.39, 0.29) is 5.54 Å². The van der Waals surface area contributed by atoms with E-state index in [4.69, 9.17) is 5.73 Å². The Hall–Kier alpha value is -0.0400. The summed E-state index contributed by atoms with van der Waals surface area (Å²) in [4.78, 5) is 0. The number of nitrogens with two attached hydrogens (primary N) is 1. The zero-order valence-corrected chi connectivity index (χ0v) is 11.8. The zero-order chi connectivity index (χ0) is 12.2. The fraction of sp³-hybridized carbons (Fsp3) is 1.00. The second-order valence-corrected chi connectivity index (χ2v) is 8.49. The monoisotopic (exact) mass is 247 g/mol. The average molecular weight is 247 g/mol. The Morgan fingerprint density at radius 2 is 1.28 bits per heavy atom. The van der Waals surface area contributed by atoms with Crippen LogP contribution in [0.4, 0.5) is 0 Å². The summed E-state index contributed by atoms with van der Waals surface area (Å²) in [6.07, 6.45) is 17.6. The van der Waals surface area contributed by atoms with E-state index in [9.17, 15) is 0 Å². The molecule has 0 aromatic rings. The summed E-state index contributed by atoms with van der Waals surface area (Å²) in [5, 5.41) is 0. The summed E-state index contributed by atoms with van der Waals surface area (Å²) in [5.41, 5.74) is 7.58. The Morgan fingerprint density at radius 1 is 0.778 bits per heavy atom. The second-order valence-electron chi connectivity index (χ2n) is 8.49. The summed E-state index contributed by atoms with van der Waals surface area (Å²) in [5.74, 6) is 3.32. The van der Waals surface area contributed by atoms with Crippen LogP contribution in [0.2, 0.25) is 0 Å². The topological polar surface area (TPSA) is 26.0 Å². The van der Waals surface area contributed by atoms with E-state index < -0.39 is 0 Å². The van der Waals surface area contributed by atoms with Gasteiger partial charge in [-0.05, 0) is 87.4 Å². The Morgan fingerprint density at radius 3 is 1.78 bits per heavy atom. The summed E-state index contributed by atoms with van der Waals surface area (Å²) in [7, 11) is 0. The Balaban J connectivity index is 1.44. The van der Waals surface area contributed by atoms with Crippen molar-refractivity contribution in [3.8, 4) is 0 Å². The normalized spacial score (nSPS) is 48.8. The molecule has 5 saturated carbocycles. The van der Waals surface area contributed by atoms with Crippen molar-refractivity contribution in [1.82, 2.24) is 0 Å². The summed E-state index contributed by atoms with van der Waals surface area (Å²) < 4.78 is 0. The first-order valence-corrected chi connectivity index (χ1v) is 8.44. The number of hydrogen-bond acceptors (Lipinski definition) is 1. The fourth-order valence-electron chi connectivity index (χ4n) is 6.44. The molecular formula is C17H29N. The standard InChI is InChI=1S/C17H29N/c18-17(3-1-2-4-17)6-5-16-10-13-7-14(11-16)9-15(8-13)12-16/h13-15H,1-12,18H2. The molecule has 18 heavy (non-hydrogen) atoms. The molecule has 5 aliphatic rings. The largest absolute Gasteiger partial charge is 0.325 e. The maximum atomic E-state index is 6.59. The highest BCUT2D eigenvalue weighted by Gasteiger charge is 2.51. The minimum absolute atomic E-state index is 0.239. The van der Waals surface area contributed by atoms with Gasteiger partial charge in [-0.15, -0.1) is 0 Å². The summed E-state index contributed by atoms with van der Waals surface area (Å²) in [6, 6.07) is 0. The third kappa shape index (κ3) is 1.94. The van der Waals surface area contributed by atoms with Crippen LogP contribution in [0.3, 0.4) is 0 Å². The minimum atomic E-state index is 0.239. The van der Waals surface area contributed by atoms with Gasteiger partial charge >= 0.3 is 0 Å². The highest BCUT2D eigenvalue weighted by Crippen LogP contribution is 2.62. The number of hydrogen-bond donors (Lipinski definition) is 1. The van der Waals surface area contributed by atoms with E-state index in [1.807, 2.05) is 0 Å². The molecule has 0 saturated heterocycles. The molecular weight excluding hydrogens is 218 g/mol. The van der Waals surface area contributed by atoms with E-state index >= 15 is 0 Å². The second kappa shape index (κ2) is 3.98. The minimum Gasteiger partial charge on any atom is -0.325 e. The average Bonchev–Trinajstić information content (AvgIpc) is 2.73. The molecule has 5 rings (SSSR count). The first-order chi connectivity index (χ1) is 8.65. The van der Waals surface area contributed by atoms with Gasteiger partial charge in [0.05, 0.1) is 0 Å². The van der Waals surface area contributed by atoms with Crippen LogP contribution in [0.15, 0.2) is 0 Å². The summed E-state index contributed by atoms with van der Waals surface area (Å²) in [6.45, 7) is 0. The quantitative estimate of drug-likeness (QED) is 0.792. The van der Waals surface area contributed by atoms with Crippen LogP contribution in [0.25, 0.3) is 0 Å². The lowest BCUT2D eigenvalue weighted by Gasteiger charge is -2.57. The molecule has 1 heteroatoms. The van der Waals surface area contributed by atoms with Crippen LogP contribution in [0.5, 0.6) is 0 Å². The van der Waals surface area contributed by atoms with E-state index in [1.165, 1.54) is 38.5 Å². The molecule has 1 nitrogen and oxygen atoms in total. The van der Waals surface area contributed by atoms with Gasteiger partial charge in [0.1, 0.15) is 0 Å². The van der Waals surface area contributed by atoms with E-state index in [1.54, 1.807) is 38.5 Å². The maximum Gasteiger partial charge on any atom is 0.0154 e. The molecule has 5 aliphatic carbocycles. The van der Waals surface area contributed by atoms with Gasteiger partial charge in [0.15, 0.2) is 0 Å². The van der Waals surface area contributed by atoms with Crippen LogP contribution in [-0.2, 0) is 0 Å². The Bertz CT molecular complexity index is 291. The smallest absolute Gasteiger partial charge is 0.0154 e. The SMILES string of the molecule is NC1(CCC23CC4CC(CC(C4)C2)C3)CCCC1. The molecule has 4 bridgehead atoms. The van der Waals surface area contributed by atoms with Crippen molar-refractivity contribution in [1.29, 1.82) is 0 Å². The van der Waals surface area contributed by atoms with Gasteiger partial charge in [-0.25, -0.2) is 0 Å². The van der Waals surface area contributed by atoms with Gasteiger partial charge in [-0.2, -0.15) is 0 Å². The van der Waals surface area contributed by atoms with Crippen molar-refractivity contribution in [2.75, 3.05) is 0 Å². The Kier molecular flexibility index (Phi) is 2.60. The van der Waals surface area contributed by atoms with Crippen LogP contribution < -0.4 is 5.73 Å². The molecule has 0 amide bonds. The molecule has 2 N–H and O–H groups in total. The molecule has 0 heterocycles. The van der Waals surface area contributed by atoms with Crippen LogP contribution in [-0.4, -0.2) is 5.54 Å². The van der Waals surface area contributed by atoms with Crippen molar-refractivity contribution in [3.05, 3.63) is 0 Å². The molecule has 0 spiro atoms. The van der Waals surface area contributed by atoms with Crippen molar-refractivity contribution < 1.29 is 0 Å². The molecule has 0 aromatic heterocycles. The predicted molar refractivity (Wildman–Crippen MR) is 75.2 cm³/mol. The van der Waals surface area contributed by atoms with Crippen LogP contribution >= 0.6 is 0 Å². The number of rotatable bonds is 3. The van der Waals surface area contributed by atoms with E-state index in [0.717, 1.165) is 23.2 Å². The predicted octanol–water partition coefficient (Wildman–Crippen LogP) is 4.25. The van der Waals surface area contributed by atoms with Crippen molar-refractivity contribution >= 4 is 0 Å². The van der Waals surface area contributed by atoms with Gasteiger partial charge in [0, 0.05) is 5.54 Å². The third-order valence-electron chi connectivity index (χ3n) is 6.92. The van der Waals surface area contributed by atoms with Crippen LogP contribution in [0.1, 0.15) is 77.0 Å². The molecule has 0 aromatic carbocycles. The van der Waals surface area contributed by atoms with Crippen molar-refractivity contribution in [3.63, 3.8) is 0 Å². The van der Waals surface area contributed by atoms with Gasteiger partial charge in [0.25, 0.3) is 0 Å². The maximum absolute atomic E-state index is 6.59. The van der Waals surface area contributed by atoms with Gasteiger partial charge < -0.3 is 5.73 Å². The van der Waals surface area contributed by atoms with Crippen molar-refractivity contribution in [2.45, 2.75) is 82.6 Å². The highest BCUT2D eigenvalue weighted by atomic mass is 14.8. The van der Waals surface area contributed by atoms with E-state index in [2.05, 4.69) is 0 Å². The first kappa shape index (κ1) is 11.8. The molecule has 102 valence electrons. The Labute approximate surface area is 112 Å². The molecule has 0 aliphatic heterocycles.